The first-order chi connectivity index (χ1) is 37.6. The number of carboxylic acid groups (broad SMARTS) is 1. The Labute approximate surface area is 468 Å². The van der Waals surface area contributed by atoms with E-state index in [1.807, 2.05) is 0 Å². The third kappa shape index (κ3) is 42.7. The number of carbonyl (C=O) groups is 4. The number of aliphatic carboxylic acids is 1. The minimum Gasteiger partial charge on any atom is -0.479 e. The summed E-state index contributed by atoms with van der Waals surface area (Å²) in [5.41, 5.74) is 0. The highest BCUT2D eigenvalue weighted by Gasteiger charge is 2.50. The lowest BCUT2D eigenvalue weighted by molar-refractivity contribution is -0.301. The first-order valence-electron chi connectivity index (χ1n) is 30.9. The van der Waals surface area contributed by atoms with Gasteiger partial charge in [0, 0.05) is 19.3 Å². The molecule has 0 bridgehead atoms. The summed E-state index contributed by atoms with van der Waals surface area (Å²) >= 11 is 0. The largest absolute Gasteiger partial charge is 0.479 e. The minimum atomic E-state index is -1.91. The van der Waals surface area contributed by atoms with Gasteiger partial charge in [-0.05, 0) is 89.9 Å². The van der Waals surface area contributed by atoms with E-state index < -0.39 is 67.3 Å². The van der Waals surface area contributed by atoms with Gasteiger partial charge in [0.05, 0.1) is 6.61 Å². The van der Waals surface area contributed by atoms with Crippen LogP contribution in [-0.4, -0.2) is 89.2 Å². The topological polar surface area (TPSA) is 175 Å². The molecule has 0 radical (unpaired) electrons. The molecule has 77 heavy (non-hydrogen) atoms. The third-order valence-electron chi connectivity index (χ3n) is 13.8. The highest BCUT2D eigenvalue weighted by atomic mass is 16.7. The summed E-state index contributed by atoms with van der Waals surface area (Å²) in [6.07, 6.45) is 54.4. The SMILES string of the molecule is CC/C=C\C/C=C\C/C=C\CCCCCC(=O)OC(COC(=O)CCCCCCCCCCCCCCCCC)COC1OC(C(=O)O)C(O)C(O)C1OC(=O)CCCCCCCC/C=C\C/C=C\C/C=C\CCCCC. The molecular weight excluding hydrogens is 973 g/mol. The number of hydrogen-bond acceptors (Lipinski definition) is 11. The first-order valence-corrected chi connectivity index (χ1v) is 30.9. The Morgan fingerprint density at radius 3 is 1.29 bits per heavy atom. The molecular formula is C65H110O12. The second kappa shape index (κ2) is 52.8. The summed E-state index contributed by atoms with van der Waals surface area (Å²) in [5, 5.41) is 31.5. The van der Waals surface area contributed by atoms with Crippen LogP contribution in [0.3, 0.4) is 0 Å². The van der Waals surface area contributed by atoms with Crippen molar-refractivity contribution in [3.63, 3.8) is 0 Å². The number of unbranched alkanes of at least 4 members (excludes halogenated alkanes) is 26. The molecule has 6 unspecified atom stereocenters. The van der Waals surface area contributed by atoms with Crippen molar-refractivity contribution in [1.29, 1.82) is 0 Å². The zero-order valence-corrected chi connectivity index (χ0v) is 48.7. The quantitative estimate of drug-likeness (QED) is 0.0228. The van der Waals surface area contributed by atoms with Crippen molar-refractivity contribution < 1.29 is 58.2 Å². The summed E-state index contributed by atoms with van der Waals surface area (Å²) in [4.78, 5) is 51.2. The van der Waals surface area contributed by atoms with Gasteiger partial charge in [-0.25, -0.2) is 4.79 Å². The molecule has 1 aliphatic heterocycles. The summed E-state index contributed by atoms with van der Waals surface area (Å²) in [6.45, 7) is 5.84. The summed E-state index contributed by atoms with van der Waals surface area (Å²) < 4.78 is 28.4. The van der Waals surface area contributed by atoms with Gasteiger partial charge in [-0.15, -0.1) is 0 Å². The van der Waals surface area contributed by atoms with Crippen LogP contribution in [0.2, 0.25) is 0 Å². The van der Waals surface area contributed by atoms with Gasteiger partial charge in [-0.1, -0.05) is 229 Å². The Bertz CT molecular complexity index is 1620. The van der Waals surface area contributed by atoms with Crippen LogP contribution in [0, 0.1) is 0 Å². The second-order valence-corrected chi connectivity index (χ2v) is 21.0. The molecule has 0 saturated carbocycles. The van der Waals surface area contributed by atoms with E-state index in [0.717, 1.165) is 109 Å². The smallest absolute Gasteiger partial charge is 0.335 e. The fraction of sp³-hybridized carbons (Fsp3) is 0.754. The predicted octanol–water partition coefficient (Wildman–Crippen LogP) is 16.1. The maximum atomic E-state index is 13.1. The molecule has 3 N–H and O–H groups in total. The van der Waals surface area contributed by atoms with Gasteiger partial charge in [0.15, 0.2) is 24.6 Å². The standard InChI is InChI=1S/C65H110O12/c1-4-7-10-13-16-19-22-25-27-28-29-30-32-35-38-41-44-47-50-53-59(68)76-63-61(70)60(69)62(64(71)72)77-65(63)74-55-56(75-58(67)52-49-46-43-40-37-33-24-21-18-15-12-9-6-3)54-73-57(66)51-48-45-42-39-36-34-31-26-23-20-17-14-11-8-5-2/h9,12,16,18-19,21,25,27,29-30,33,37,56,60-63,65,69-70H,4-8,10-11,13-15,17,20,22-24,26,28,31-32,34-36,38-55H2,1-3H3,(H,71,72)/b12-9-,19-16-,21-18-,27-25-,30-29-,37-33-. The van der Waals surface area contributed by atoms with E-state index in [-0.39, 0.29) is 25.9 Å². The van der Waals surface area contributed by atoms with Crippen molar-refractivity contribution in [2.75, 3.05) is 13.2 Å². The summed E-state index contributed by atoms with van der Waals surface area (Å²) in [5.74, 6) is -3.17. The molecule has 1 saturated heterocycles. The average Bonchev–Trinajstić information content (AvgIpc) is 3.42. The van der Waals surface area contributed by atoms with Crippen molar-refractivity contribution in [3.05, 3.63) is 72.9 Å². The molecule has 12 nitrogen and oxygen atoms in total. The number of rotatable bonds is 52. The normalized spacial score (nSPS) is 18.5. The maximum Gasteiger partial charge on any atom is 0.335 e. The van der Waals surface area contributed by atoms with E-state index in [2.05, 4.69) is 93.7 Å². The highest BCUT2D eigenvalue weighted by molar-refractivity contribution is 5.74. The third-order valence-corrected chi connectivity index (χ3v) is 13.8. The molecule has 12 heteroatoms. The molecule has 1 rings (SSSR count). The second-order valence-electron chi connectivity index (χ2n) is 21.0. The zero-order chi connectivity index (χ0) is 56.1. The maximum absolute atomic E-state index is 13.1. The Morgan fingerprint density at radius 1 is 0.442 bits per heavy atom. The molecule has 1 fully saturated rings. The molecule has 1 aliphatic rings. The van der Waals surface area contributed by atoms with Crippen LogP contribution < -0.4 is 0 Å². The molecule has 0 aliphatic carbocycles. The number of carboxylic acids is 1. The van der Waals surface area contributed by atoms with Gasteiger partial charge >= 0.3 is 23.9 Å². The van der Waals surface area contributed by atoms with Gasteiger partial charge in [0.25, 0.3) is 0 Å². The lowest BCUT2D eigenvalue weighted by Gasteiger charge is -2.40. The van der Waals surface area contributed by atoms with Crippen LogP contribution in [0.4, 0.5) is 0 Å². The number of esters is 3. The number of allylic oxidation sites excluding steroid dienone is 12. The molecule has 0 amide bonds. The molecule has 0 aromatic carbocycles. The van der Waals surface area contributed by atoms with Crippen molar-refractivity contribution >= 4 is 23.9 Å². The molecule has 442 valence electrons. The van der Waals surface area contributed by atoms with Crippen molar-refractivity contribution in [2.24, 2.45) is 0 Å². The Morgan fingerprint density at radius 2 is 0.818 bits per heavy atom. The lowest BCUT2D eigenvalue weighted by Crippen LogP contribution is -2.61. The predicted molar refractivity (Wildman–Crippen MR) is 312 cm³/mol. The first kappa shape index (κ1) is 71.2. The number of carbonyl (C=O) groups excluding carboxylic acids is 3. The van der Waals surface area contributed by atoms with Crippen LogP contribution in [0.1, 0.15) is 265 Å². The van der Waals surface area contributed by atoms with Gasteiger partial charge < -0.3 is 39.0 Å². The average molecular weight is 1080 g/mol. The number of aliphatic hydroxyl groups is 2. The van der Waals surface area contributed by atoms with Crippen molar-refractivity contribution in [3.8, 4) is 0 Å². The van der Waals surface area contributed by atoms with Crippen molar-refractivity contribution in [1.82, 2.24) is 0 Å². The Kier molecular flexibility index (Phi) is 48.8. The van der Waals surface area contributed by atoms with E-state index >= 15 is 0 Å². The fourth-order valence-electron chi connectivity index (χ4n) is 9.04. The number of ether oxygens (including phenoxy) is 5. The van der Waals surface area contributed by atoms with E-state index in [0.29, 0.717) is 19.3 Å². The fourth-order valence-corrected chi connectivity index (χ4v) is 9.04. The molecule has 0 aromatic rings. The van der Waals surface area contributed by atoms with Crippen molar-refractivity contribution in [2.45, 2.75) is 302 Å². The molecule has 6 atom stereocenters. The van der Waals surface area contributed by atoms with E-state index in [1.54, 1.807) is 0 Å². The Balaban J connectivity index is 2.68. The van der Waals surface area contributed by atoms with E-state index in [4.69, 9.17) is 23.7 Å². The Hall–Kier alpha value is -3.84. The molecule has 0 spiro atoms. The highest BCUT2D eigenvalue weighted by Crippen LogP contribution is 2.26. The molecule has 1 heterocycles. The van der Waals surface area contributed by atoms with E-state index in [1.165, 1.54) is 96.3 Å². The van der Waals surface area contributed by atoms with E-state index in [9.17, 15) is 34.5 Å². The van der Waals surface area contributed by atoms with Gasteiger partial charge in [-0.3, -0.25) is 14.4 Å². The van der Waals surface area contributed by atoms with Gasteiger partial charge in [-0.2, -0.15) is 0 Å². The monoisotopic (exact) mass is 1080 g/mol. The summed E-state index contributed by atoms with van der Waals surface area (Å²) in [7, 11) is 0. The van der Waals surface area contributed by atoms with Crippen LogP contribution in [-0.2, 0) is 42.9 Å². The van der Waals surface area contributed by atoms with Crippen LogP contribution in [0.15, 0.2) is 72.9 Å². The zero-order valence-electron chi connectivity index (χ0n) is 48.7. The summed E-state index contributed by atoms with van der Waals surface area (Å²) in [6, 6.07) is 0. The van der Waals surface area contributed by atoms with Crippen LogP contribution in [0.5, 0.6) is 0 Å². The van der Waals surface area contributed by atoms with Crippen LogP contribution in [0.25, 0.3) is 0 Å². The number of hydrogen-bond donors (Lipinski definition) is 3. The lowest BCUT2D eigenvalue weighted by atomic mass is 9.98. The number of aliphatic hydroxyl groups excluding tert-OH is 2. The van der Waals surface area contributed by atoms with Gasteiger partial charge in [0.1, 0.15) is 18.8 Å². The molecule has 0 aromatic heterocycles. The minimum absolute atomic E-state index is 0.0413. The van der Waals surface area contributed by atoms with Crippen LogP contribution >= 0.6 is 0 Å². The van der Waals surface area contributed by atoms with Gasteiger partial charge in [0.2, 0.25) is 0 Å².